The van der Waals surface area contributed by atoms with E-state index in [0.29, 0.717) is 17.3 Å². The number of carbonyl (C=O) groups is 1. The highest BCUT2D eigenvalue weighted by Gasteiger charge is 2.09. The van der Waals surface area contributed by atoms with Gasteiger partial charge in [-0.3, -0.25) is 9.78 Å². The lowest BCUT2D eigenvalue weighted by Gasteiger charge is -2.13. The van der Waals surface area contributed by atoms with Gasteiger partial charge in [0.05, 0.1) is 10.7 Å². The second-order valence-electron chi connectivity index (χ2n) is 6.15. The van der Waals surface area contributed by atoms with Gasteiger partial charge in [0.25, 0.3) is 5.91 Å². The zero-order chi connectivity index (χ0) is 17.5. The molecule has 1 aromatic carbocycles. The lowest BCUT2D eigenvalue weighted by Crippen LogP contribution is -2.25. The summed E-state index contributed by atoms with van der Waals surface area (Å²) in [6.45, 7) is 0.647. The summed E-state index contributed by atoms with van der Waals surface area (Å²) in [5.74, 6) is -0.154. The summed E-state index contributed by atoms with van der Waals surface area (Å²) < 4.78 is 0. The number of nitrogens with zero attached hydrogens (tertiary/aromatic N) is 1. The van der Waals surface area contributed by atoms with E-state index < -0.39 is 0 Å². The van der Waals surface area contributed by atoms with Crippen molar-refractivity contribution in [3.63, 3.8) is 0 Å². The Balaban J connectivity index is 1.57. The van der Waals surface area contributed by atoms with Gasteiger partial charge in [0.2, 0.25) is 0 Å². The van der Waals surface area contributed by atoms with E-state index in [1.54, 1.807) is 12.3 Å². The number of halogens is 1. The number of benzene rings is 1. The second-order valence-corrected chi connectivity index (χ2v) is 6.56. The Kier molecular flexibility index (Phi) is 6.07. The zero-order valence-electron chi connectivity index (χ0n) is 14.1. The predicted molar refractivity (Wildman–Crippen MR) is 102 cm³/mol. The van der Waals surface area contributed by atoms with Crippen LogP contribution in [0, 0.1) is 0 Å². The Labute approximate surface area is 153 Å². The number of rotatable bonds is 6. The van der Waals surface area contributed by atoms with Gasteiger partial charge in [-0.05, 0) is 56.4 Å². The number of para-hydroxylation sites is 1. The molecule has 0 radical (unpaired) electrons. The van der Waals surface area contributed by atoms with Crippen molar-refractivity contribution in [2.75, 3.05) is 11.9 Å². The van der Waals surface area contributed by atoms with Crippen LogP contribution in [0.15, 0.2) is 54.2 Å². The second kappa shape index (κ2) is 8.67. The van der Waals surface area contributed by atoms with E-state index in [1.807, 2.05) is 30.3 Å². The van der Waals surface area contributed by atoms with Crippen molar-refractivity contribution in [1.82, 2.24) is 10.3 Å². The number of carbonyl (C=O) groups excluding carboxylic acids is 1. The molecule has 25 heavy (non-hydrogen) atoms. The quantitative estimate of drug-likeness (QED) is 0.709. The van der Waals surface area contributed by atoms with Gasteiger partial charge in [0.1, 0.15) is 5.69 Å². The molecule has 0 fully saturated rings. The maximum Gasteiger partial charge on any atom is 0.269 e. The molecular weight excluding hydrogens is 334 g/mol. The van der Waals surface area contributed by atoms with Gasteiger partial charge >= 0.3 is 0 Å². The van der Waals surface area contributed by atoms with E-state index >= 15 is 0 Å². The minimum Gasteiger partial charge on any atom is -0.354 e. The maximum atomic E-state index is 12.3. The van der Waals surface area contributed by atoms with Crippen LogP contribution in [-0.4, -0.2) is 17.4 Å². The molecule has 2 aromatic rings. The van der Waals surface area contributed by atoms with Crippen molar-refractivity contribution in [1.29, 1.82) is 0 Å². The van der Waals surface area contributed by atoms with Crippen molar-refractivity contribution in [3.05, 3.63) is 65.0 Å². The smallest absolute Gasteiger partial charge is 0.269 e. The third kappa shape index (κ3) is 5.07. The Morgan fingerprint density at radius 1 is 1.20 bits per heavy atom. The first-order chi connectivity index (χ1) is 12.2. The summed E-state index contributed by atoms with van der Waals surface area (Å²) in [6.07, 6.45) is 9.72. The molecule has 0 aliphatic heterocycles. The number of pyridine rings is 1. The lowest BCUT2D eigenvalue weighted by atomic mass is 9.97. The van der Waals surface area contributed by atoms with Crippen LogP contribution in [0.2, 0.25) is 5.02 Å². The maximum absolute atomic E-state index is 12.3. The first kappa shape index (κ1) is 17.5. The standard InChI is InChI=1S/C20H22ClN3O/c21-17-8-4-5-9-18(17)24-16-11-13-22-19(14-16)20(25)23-12-10-15-6-2-1-3-7-15/h4-6,8-9,11,13-14H,1-3,7,10,12H2,(H,22,24)(H,23,25). The van der Waals surface area contributed by atoms with E-state index in [1.165, 1.54) is 24.8 Å². The minimum atomic E-state index is -0.154. The third-order valence-corrected chi connectivity index (χ3v) is 4.59. The van der Waals surface area contributed by atoms with E-state index in [2.05, 4.69) is 21.7 Å². The van der Waals surface area contributed by atoms with Gasteiger partial charge in [0, 0.05) is 18.4 Å². The molecule has 3 rings (SSSR count). The first-order valence-electron chi connectivity index (χ1n) is 8.66. The van der Waals surface area contributed by atoms with Gasteiger partial charge in [-0.2, -0.15) is 0 Å². The minimum absolute atomic E-state index is 0.154. The van der Waals surface area contributed by atoms with Crippen LogP contribution in [0.5, 0.6) is 0 Å². The van der Waals surface area contributed by atoms with Crippen molar-refractivity contribution in [2.45, 2.75) is 32.1 Å². The lowest BCUT2D eigenvalue weighted by molar-refractivity contribution is 0.0949. The van der Waals surface area contributed by atoms with Gasteiger partial charge < -0.3 is 10.6 Å². The number of amides is 1. The number of allylic oxidation sites excluding steroid dienone is 1. The zero-order valence-corrected chi connectivity index (χ0v) is 14.9. The molecule has 1 heterocycles. The summed E-state index contributed by atoms with van der Waals surface area (Å²) >= 11 is 6.16. The molecule has 1 amide bonds. The van der Waals surface area contributed by atoms with E-state index in [0.717, 1.165) is 24.2 Å². The highest BCUT2D eigenvalue weighted by atomic mass is 35.5. The number of anilines is 2. The molecule has 0 unspecified atom stereocenters. The van der Waals surface area contributed by atoms with Crippen LogP contribution < -0.4 is 10.6 Å². The van der Waals surface area contributed by atoms with Crippen molar-refractivity contribution < 1.29 is 4.79 Å². The Hall–Kier alpha value is -2.33. The van der Waals surface area contributed by atoms with E-state index in [9.17, 15) is 4.79 Å². The van der Waals surface area contributed by atoms with Gasteiger partial charge in [-0.15, -0.1) is 0 Å². The molecule has 1 aliphatic carbocycles. The normalized spacial score (nSPS) is 13.9. The SMILES string of the molecule is O=C(NCCC1=CCCCC1)c1cc(Nc2ccccc2Cl)ccn1. The predicted octanol–water partition coefficient (Wildman–Crippen LogP) is 5.10. The average Bonchev–Trinajstić information content (AvgIpc) is 2.65. The Morgan fingerprint density at radius 2 is 2.08 bits per heavy atom. The molecule has 4 nitrogen and oxygen atoms in total. The van der Waals surface area contributed by atoms with Crippen molar-refractivity contribution in [3.8, 4) is 0 Å². The Morgan fingerprint density at radius 3 is 2.88 bits per heavy atom. The fourth-order valence-electron chi connectivity index (χ4n) is 2.91. The molecule has 5 heteroatoms. The molecule has 2 N–H and O–H groups in total. The van der Waals surface area contributed by atoms with Crippen LogP contribution in [0.25, 0.3) is 0 Å². The largest absolute Gasteiger partial charge is 0.354 e. The molecule has 1 aliphatic rings. The summed E-state index contributed by atoms with van der Waals surface area (Å²) in [5, 5.41) is 6.80. The Bertz CT molecular complexity index is 773. The summed E-state index contributed by atoms with van der Waals surface area (Å²) in [4.78, 5) is 16.5. The monoisotopic (exact) mass is 355 g/mol. The molecule has 130 valence electrons. The third-order valence-electron chi connectivity index (χ3n) is 4.26. The number of nitrogens with one attached hydrogen (secondary N) is 2. The summed E-state index contributed by atoms with van der Waals surface area (Å²) in [5.41, 5.74) is 3.43. The molecule has 0 atom stereocenters. The number of hydrogen-bond donors (Lipinski definition) is 2. The van der Waals surface area contributed by atoms with E-state index in [4.69, 9.17) is 11.6 Å². The van der Waals surface area contributed by atoms with E-state index in [-0.39, 0.29) is 5.91 Å². The topological polar surface area (TPSA) is 54.0 Å². The van der Waals surface area contributed by atoms with Crippen LogP contribution in [0.3, 0.4) is 0 Å². The van der Waals surface area contributed by atoms with Crippen LogP contribution in [0.1, 0.15) is 42.6 Å². The fourth-order valence-corrected chi connectivity index (χ4v) is 3.09. The molecule has 0 bridgehead atoms. The molecule has 0 saturated carbocycles. The highest BCUT2D eigenvalue weighted by molar-refractivity contribution is 6.33. The van der Waals surface area contributed by atoms with Gasteiger partial charge in [0.15, 0.2) is 0 Å². The van der Waals surface area contributed by atoms with Crippen molar-refractivity contribution >= 4 is 28.9 Å². The van der Waals surface area contributed by atoms with Crippen LogP contribution in [-0.2, 0) is 0 Å². The highest BCUT2D eigenvalue weighted by Crippen LogP contribution is 2.25. The van der Waals surface area contributed by atoms with Gasteiger partial charge in [-0.25, -0.2) is 0 Å². The van der Waals surface area contributed by atoms with Crippen LogP contribution >= 0.6 is 11.6 Å². The molecule has 0 spiro atoms. The summed E-state index contributed by atoms with van der Waals surface area (Å²) in [7, 11) is 0. The molecule has 0 saturated heterocycles. The van der Waals surface area contributed by atoms with Crippen molar-refractivity contribution in [2.24, 2.45) is 0 Å². The average molecular weight is 356 g/mol. The van der Waals surface area contributed by atoms with Crippen LogP contribution in [0.4, 0.5) is 11.4 Å². The molecule has 1 aromatic heterocycles. The summed E-state index contributed by atoms with van der Waals surface area (Å²) in [6, 6.07) is 11.0. The number of aromatic nitrogens is 1. The first-order valence-corrected chi connectivity index (χ1v) is 9.04. The number of hydrogen-bond acceptors (Lipinski definition) is 3. The molecular formula is C20H22ClN3O. The van der Waals surface area contributed by atoms with Gasteiger partial charge in [-0.1, -0.05) is 35.4 Å². The fraction of sp³-hybridized carbons (Fsp3) is 0.300.